The van der Waals surface area contributed by atoms with Crippen molar-refractivity contribution in [1.29, 1.82) is 0 Å². The average Bonchev–Trinajstić information content (AvgIpc) is 3.56. The molecule has 0 unspecified atom stereocenters. The van der Waals surface area contributed by atoms with E-state index in [9.17, 15) is 9.90 Å². The summed E-state index contributed by atoms with van der Waals surface area (Å²) in [6, 6.07) is 13.8. The fourth-order valence-electron chi connectivity index (χ4n) is 4.04. The van der Waals surface area contributed by atoms with Gasteiger partial charge in [-0.05, 0) is 51.0 Å². The number of rotatable bonds is 8. The molecule has 1 saturated carbocycles. The highest BCUT2D eigenvalue weighted by atomic mass is 35.5. The van der Waals surface area contributed by atoms with Crippen LogP contribution in [-0.2, 0) is 0 Å². The van der Waals surface area contributed by atoms with E-state index in [1.54, 1.807) is 32.2 Å². The molecule has 9 heteroatoms. The highest BCUT2D eigenvalue weighted by Crippen LogP contribution is 2.31. The van der Waals surface area contributed by atoms with Crippen LogP contribution in [-0.4, -0.2) is 57.7 Å². The second-order valence-corrected chi connectivity index (χ2v) is 10.8. The summed E-state index contributed by atoms with van der Waals surface area (Å²) in [5, 5.41) is 16.9. The molecule has 0 saturated heterocycles. The second kappa shape index (κ2) is 9.68. The predicted molar refractivity (Wildman–Crippen MR) is 148 cm³/mol. The van der Waals surface area contributed by atoms with Gasteiger partial charge in [-0.1, -0.05) is 29.8 Å². The van der Waals surface area contributed by atoms with E-state index in [0.717, 1.165) is 41.0 Å². The fraction of sp³-hybridized carbons (Fsp3) is 0.321. The van der Waals surface area contributed by atoms with Crippen molar-refractivity contribution in [2.45, 2.75) is 38.3 Å². The Kier molecular flexibility index (Phi) is 6.56. The Morgan fingerprint density at radius 1 is 1.16 bits per heavy atom. The minimum atomic E-state index is -0.929. The van der Waals surface area contributed by atoms with Crippen LogP contribution in [0.2, 0.25) is 5.02 Å². The Bertz CT molecular complexity index is 1450. The predicted octanol–water partition coefficient (Wildman–Crippen LogP) is 4.86. The van der Waals surface area contributed by atoms with Crippen LogP contribution in [0.1, 0.15) is 37.0 Å². The molecular formula is C28H31ClN6O2. The van der Waals surface area contributed by atoms with Crippen molar-refractivity contribution in [3.63, 3.8) is 0 Å². The molecule has 192 valence electrons. The normalized spacial score (nSPS) is 13.6. The van der Waals surface area contributed by atoms with Crippen molar-refractivity contribution in [1.82, 2.24) is 19.7 Å². The number of benzene rings is 2. The van der Waals surface area contributed by atoms with E-state index >= 15 is 0 Å². The lowest BCUT2D eigenvalue weighted by molar-refractivity contribution is 0.0940. The van der Waals surface area contributed by atoms with Gasteiger partial charge in [0.25, 0.3) is 5.91 Å². The first-order valence-electron chi connectivity index (χ1n) is 12.3. The van der Waals surface area contributed by atoms with Crippen LogP contribution in [0.15, 0.2) is 54.9 Å². The van der Waals surface area contributed by atoms with E-state index < -0.39 is 5.60 Å². The molecule has 8 nitrogen and oxygen atoms in total. The molecule has 2 aromatic carbocycles. The number of halogens is 1. The maximum atomic E-state index is 12.5. The Balaban J connectivity index is 1.57. The summed E-state index contributed by atoms with van der Waals surface area (Å²) < 4.78 is 1.96. The maximum Gasteiger partial charge on any atom is 0.253 e. The topological polar surface area (TPSA) is 94.8 Å². The van der Waals surface area contributed by atoms with Crippen LogP contribution in [0.5, 0.6) is 0 Å². The molecule has 2 aromatic heterocycles. The minimum Gasteiger partial charge on any atom is -0.389 e. The van der Waals surface area contributed by atoms with Gasteiger partial charge in [0.1, 0.15) is 0 Å². The lowest BCUT2D eigenvalue weighted by Crippen LogP contribution is -2.29. The summed E-state index contributed by atoms with van der Waals surface area (Å²) in [5.74, 6) is 0.414. The Hall–Kier alpha value is -3.62. The van der Waals surface area contributed by atoms with E-state index in [2.05, 4.69) is 15.6 Å². The number of imidazole rings is 1. The molecule has 1 fully saturated rings. The van der Waals surface area contributed by atoms with Crippen molar-refractivity contribution >= 4 is 34.7 Å². The van der Waals surface area contributed by atoms with E-state index in [1.807, 2.05) is 59.9 Å². The van der Waals surface area contributed by atoms with Crippen LogP contribution in [0.4, 0.5) is 11.5 Å². The van der Waals surface area contributed by atoms with Crippen molar-refractivity contribution < 1.29 is 9.90 Å². The van der Waals surface area contributed by atoms with Gasteiger partial charge in [0.2, 0.25) is 0 Å². The third-order valence-electron chi connectivity index (χ3n) is 6.28. The minimum absolute atomic E-state index is 0.150. The summed E-state index contributed by atoms with van der Waals surface area (Å²) >= 11 is 6.55. The van der Waals surface area contributed by atoms with E-state index in [4.69, 9.17) is 16.6 Å². The third-order valence-corrected chi connectivity index (χ3v) is 6.59. The van der Waals surface area contributed by atoms with Crippen LogP contribution in [0.25, 0.3) is 28.2 Å². The number of amides is 1. The van der Waals surface area contributed by atoms with Crippen molar-refractivity contribution in [3.05, 3.63) is 65.4 Å². The van der Waals surface area contributed by atoms with E-state index in [-0.39, 0.29) is 11.9 Å². The number of aromatic nitrogens is 3. The third kappa shape index (κ3) is 5.55. The summed E-state index contributed by atoms with van der Waals surface area (Å²) in [6.45, 7) is 3.78. The molecule has 4 aromatic rings. The van der Waals surface area contributed by atoms with Gasteiger partial charge in [-0.2, -0.15) is 0 Å². The molecule has 0 bridgehead atoms. The smallest absolute Gasteiger partial charge is 0.253 e. The molecule has 0 radical (unpaired) electrons. The first-order valence-corrected chi connectivity index (χ1v) is 12.7. The monoisotopic (exact) mass is 518 g/mol. The second-order valence-electron chi connectivity index (χ2n) is 10.4. The zero-order chi connectivity index (χ0) is 26.3. The number of fused-ring (bicyclic) bond motifs is 1. The van der Waals surface area contributed by atoms with E-state index in [1.165, 1.54) is 0 Å². The van der Waals surface area contributed by atoms with Crippen LogP contribution in [0, 0.1) is 0 Å². The molecule has 2 heterocycles. The number of hydrogen-bond donors (Lipinski definition) is 3. The Morgan fingerprint density at radius 3 is 2.49 bits per heavy atom. The Morgan fingerprint density at radius 2 is 1.86 bits per heavy atom. The average molecular weight is 519 g/mol. The largest absolute Gasteiger partial charge is 0.389 e. The van der Waals surface area contributed by atoms with Gasteiger partial charge in [0.05, 0.1) is 33.8 Å². The highest BCUT2D eigenvalue weighted by Gasteiger charge is 2.25. The summed E-state index contributed by atoms with van der Waals surface area (Å²) in [7, 11) is 4.00. The van der Waals surface area contributed by atoms with Crippen LogP contribution >= 0.6 is 11.6 Å². The molecule has 1 amide bonds. The first kappa shape index (κ1) is 25.0. The van der Waals surface area contributed by atoms with Gasteiger partial charge < -0.3 is 20.6 Å². The van der Waals surface area contributed by atoms with Gasteiger partial charge in [0, 0.05) is 49.7 Å². The first-order chi connectivity index (χ1) is 17.6. The maximum absolute atomic E-state index is 12.5. The fourth-order valence-corrected chi connectivity index (χ4v) is 4.31. The number of carbonyl (C=O) groups excluding carboxylic acids is 1. The van der Waals surface area contributed by atoms with Crippen LogP contribution in [0.3, 0.4) is 0 Å². The van der Waals surface area contributed by atoms with Gasteiger partial charge in [-0.25, -0.2) is 9.97 Å². The summed E-state index contributed by atoms with van der Waals surface area (Å²) in [5.41, 5.74) is 4.59. The quantitative estimate of drug-likeness (QED) is 0.308. The van der Waals surface area contributed by atoms with Crippen molar-refractivity contribution in [3.8, 4) is 22.5 Å². The van der Waals surface area contributed by atoms with Gasteiger partial charge in [-0.15, -0.1) is 0 Å². The molecule has 1 aliphatic carbocycles. The standard InChI is InChI=1S/C28H31ClN6O2/c1-28(2,37)16-31-25-26-30-14-24(18-7-12-21(22(29)13-18)27(36)32-19-8-9-19)35(26)15-23(33-25)17-5-10-20(11-6-17)34(3)4/h5-7,10-15,19,37H,8-9,16H2,1-4H3,(H,31,33)(H,32,36). The number of hydrogen-bond acceptors (Lipinski definition) is 6. The SMILES string of the molecule is CN(C)c1ccc(-c2cn3c(-c4ccc(C(=O)NC5CC5)c(Cl)c4)cnc3c(NCC(C)(C)O)n2)cc1. The van der Waals surface area contributed by atoms with E-state index in [0.29, 0.717) is 28.6 Å². The van der Waals surface area contributed by atoms with Gasteiger partial charge in [0.15, 0.2) is 11.5 Å². The molecule has 1 aliphatic rings. The lowest BCUT2D eigenvalue weighted by atomic mass is 10.1. The summed E-state index contributed by atoms with van der Waals surface area (Å²) in [6.07, 6.45) is 5.74. The molecule has 0 aliphatic heterocycles. The number of aliphatic hydroxyl groups is 1. The molecular weight excluding hydrogens is 488 g/mol. The number of anilines is 2. The number of nitrogens with zero attached hydrogens (tertiary/aromatic N) is 4. The van der Waals surface area contributed by atoms with Crippen molar-refractivity contribution in [2.75, 3.05) is 30.9 Å². The van der Waals surface area contributed by atoms with Gasteiger partial charge in [-0.3, -0.25) is 9.20 Å². The zero-order valence-electron chi connectivity index (χ0n) is 21.4. The number of nitrogens with one attached hydrogen (secondary N) is 2. The molecule has 0 spiro atoms. The highest BCUT2D eigenvalue weighted by molar-refractivity contribution is 6.34. The Labute approximate surface area is 221 Å². The summed E-state index contributed by atoms with van der Waals surface area (Å²) in [4.78, 5) is 24.1. The van der Waals surface area contributed by atoms with Crippen molar-refractivity contribution in [2.24, 2.45) is 0 Å². The van der Waals surface area contributed by atoms with Gasteiger partial charge >= 0.3 is 0 Å². The molecule has 3 N–H and O–H groups in total. The zero-order valence-corrected chi connectivity index (χ0v) is 22.2. The molecule has 0 atom stereocenters. The molecule has 37 heavy (non-hydrogen) atoms. The molecule has 5 rings (SSSR count). The lowest BCUT2D eigenvalue weighted by Gasteiger charge is -2.19. The van der Waals surface area contributed by atoms with Crippen LogP contribution < -0.4 is 15.5 Å². The number of carbonyl (C=O) groups is 1.